The lowest BCUT2D eigenvalue weighted by atomic mass is 10.1. The Labute approximate surface area is 207 Å². The first-order valence-corrected chi connectivity index (χ1v) is 12.9. The zero-order chi connectivity index (χ0) is 25.4. The average molecular weight is 494 g/mol. The minimum absolute atomic E-state index is 0.0925. The van der Waals surface area contributed by atoms with Crippen molar-refractivity contribution >= 4 is 27.5 Å². The Morgan fingerprint density at radius 2 is 1.46 bits per heavy atom. The molecule has 1 atom stereocenters. The van der Waals surface area contributed by atoms with Crippen molar-refractivity contribution < 1.29 is 18.0 Å². The molecule has 0 aliphatic heterocycles. The van der Waals surface area contributed by atoms with E-state index in [1.54, 1.807) is 49.4 Å². The Hall–Kier alpha value is -3.65. The van der Waals surface area contributed by atoms with Gasteiger partial charge < -0.3 is 10.2 Å². The quantitative estimate of drug-likeness (QED) is 0.469. The second kappa shape index (κ2) is 11.7. The first-order valence-electron chi connectivity index (χ1n) is 11.4. The van der Waals surface area contributed by atoms with Crippen LogP contribution in [0.1, 0.15) is 18.1 Å². The number of sulfonamides is 1. The van der Waals surface area contributed by atoms with E-state index < -0.39 is 28.5 Å². The molecule has 35 heavy (non-hydrogen) atoms. The van der Waals surface area contributed by atoms with E-state index in [2.05, 4.69) is 5.32 Å². The zero-order valence-electron chi connectivity index (χ0n) is 20.2. The molecule has 3 aromatic carbocycles. The molecule has 0 saturated heterocycles. The van der Waals surface area contributed by atoms with Gasteiger partial charge in [0.15, 0.2) is 0 Å². The van der Waals surface area contributed by atoms with E-state index in [-0.39, 0.29) is 17.3 Å². The molecular weight excluding hydrogens is 462 g/mol. The van der Waals surface area contributed by atoms with E-state index in [0.29, 0.717) is 12.1 Å². The van der Waals surface area contributed by atoms with Gasteiger partial charge in [-0.3, -0.25) is 13.9 Å². The van der Waals surface area contributed by atoms with Crippen molar-refractivity contribution in [2.24, 2.45) is 0 Å². The Kier molecular flexibility index (Phi) is 8.65. The molecule has 0 bridgehead atoms. The number of likely N-dealkylation sites (N-methyl/N-ethyl adjacent to an activating group) is 1. The summed E-state index contributed by atoms with van der Waals surface area (Å²) in [6, 6.07) is 23.9. The molecule has 8 heteroatoms. The molecule has 0 saturated carbocycles. The van der Waals surface area contributed by atoms with Crippen molar-refractivity contribution in [2.45, 2.75) is 31.2 Å². The van der Waals surface area contributed by atoms with Crippen LogP contribution in [0.25, 0.3) is 0 Å². The molecule has 0 heterocycles. The number of nitrogens with one attached hydrogen (secondary N) is 1. The zero-order valence-corrected chi connectivity index (χ0v) is 21.0. The Bertz CT molecular complexity index is 1230. The topological polar surface area (TPSA) is 86.8 Å². The minimum atomic E-state index is -4.03. The standard InChI is InChI=1S/C27H31N3O4S/c1-21-14-16-25(17-15-21)35(33,34)30(24-12-8-5-9-13-24)20-26(31)29(22(2)27(32)28-3)19-18-23-10-6-4-7-11-23/h4-17,22H,18-20H2,1-3H3,(H,28,32)/t22-/m0/s1. The van der Waals surface area contributed by atoms with Gasteiger partial charge in [0.25, 0.3) is 10.0 Å². The van der Waals surface area contributed by atoms with Gasteiger partial charge in [-0.1, -0.05) is 66.2 Å². The van der Waals surface area contributed by atoms with Crippen LogP contribution < -0.4 is 9.62 Å². The number of benzene rings is 3. The Balaban J connectivity index is 1.94. The molecule has 0 aliphatic carbocycles. The van der Waals surface area contributed by atoms with Crippen LogP contribution in [0.3, 0.4) is 0 Å². The highest BCUT2D eigenvalue weighted by Gasteiger charge is 2.31. The number of aryl methyl sites for hydroxylation is 1. The van der Waals surface area contributed by atoms with Crippen molar-refractivity contribution in [2.75, 3.05) is 24.4 Å². The summed E-state index contributed by atoms with van der Waals surface area (Å²) in [4.78, 5) is 27.5. The van der Waals surface area contributed by atoms with Crippen LogP contribution in [0.5, 0.6) is 0 Å². The summed E-state index contributed by atoms with van der Waals surface area (Å²) in [7, 11) is -2.52. The highest BCUT2D eigenvalue weighted by molar-refractivity contribution is 7.92. The number of amides is 2. The number of nitrogens with zero attached hydrogens (tertiary/aromatic N) is 2. The highest BCUT2D eigenvalue weighted by Crippen LogP contribution is 2.24. The maximum atomic E-state index is 13.6. The molecule has 0 aliphatic rings. The number of hydrogen-bond acceptors (Lipinski definition) is 4. The summed E-state index contributed by atoms with van der Waals surface area (Å²) in [6.07, 6.45) is 0.532. The van der Waals surface area contributed by atoms with Crippen molar-refractivity contribution in [3.63, 3.8) is 0 Å². The SMILES string of the molecule is CNC(=O)[C@H](C)N(CCc1ccccc1)C(=O)CN(c1ccccc1)S(=O)(=O)c1ccc(C)cc1. The molecule has 0 unspecified atom stereocenters. The monoisotopic (exact) mass is 493 g/mol. The molecule has 7 nitrogen and oxygen atoms in total. The second-order valence-corrected chi connectivity index (χ2v) is 10.1. The third kappa shape index (κ3) is 6.48. The van der Waals surface area contributed by atoms with E-state index >= 15 is 0 Å². The first-order chi connectivity index (χ1) is 16.7. The van der Waals surface area contributed by atoms with Crippen molar-refractivity contribution in [1.82, 2.24) is 10.2 Å². The summed E-state index contributed by atoms with van der Waals surface area (Å²) in [5.41, 5.74) is 2.32. The van der Waals surface area contributed by atoms with Gasteiger partial charge in [-0.2, -0.15) is 0 Å². The van der Waals surface area contributed by atoms with Gasteiger partial charge in [-0.05, 0) is 50.1 Å². The van der Waals surface area contributed by atoms with Crippen molar-refractivity contribution in [3.05, 3.63) is 96.1 Å². The minimum Gasteiger partial charge on any atom is -0.357 e. The number of para-hydroxylation sites is 1. The lowest BCUT2D eigenvalue weighted by molar-refractivity contribution is -0.138. The third-order valence-corrected chi connectivity index (χ3v) is 7.62. The second-order valence-electron chi connectivity index (χ2n) is 8.27. The van der Waals surface area contributed by atoms with Crippen molar-refractivity contribution in [3.8, 4) is 0 Å². The van der Waals surface area contributed by atoms with E-state index in [0.717, 1.165) is 15.4 Å². The van der Waals surface area contributed by atoms with E-state index in [4.69, 9.17) is 0 Å². The fraction of sp³-hybridized carbons (Fsp3) is 0.259. The lowest BCUT2D eigenvalue weighted by Crippen LogP contribution is -2.51. The van der Waals surface area contributed by atoms with Crippen LogP contribution in [0.2, 0.25) is 0 Å². The Morgan fingerprint density at radius 3 is 2.03 bits per heavy atom. The summed E-state index contributed by atoms with van der Waals surface area (Å²) in [5.74, 6) is -0.782. The molecule has 0 spiro atoms. The van der Waals surface area contributed by atoms with Gasteiger partial charge in [0, 0.05) is 13.6 Å². The third-order valence-electron chi connectivity index (χ3n) is 5.83. The summed E-state index contributed by atoms with van der Waals surface area (Å²) >= 11 is 0. The summed E-state index contributed by atoms with van der Waals surface area (Å²) in [6.45, 7) is 3.35. The molecular formula is C27H31N3O4S. The summed E-state index contributed by atoms with van der Waals surface area (Å²) < 4.78 is 28.3. The van der Waals surface area contributed by atoms with Gasteiger partial charge in [0.05, 0.1) is 10.6 Å². The summed E-state index contributed by atoms with van der Waals surface area (Å²) in [5, 5.41) is 2.58. The smallest absolute Gasteiger partial charge is 0.264 e. The van der Waals surface area contributed by atoms with Crippen LogP contribution in [-0.2, 0) is 26.0 Å². The fourth-order valence-corrected chi connectivity index (χ4v) is 5.15. The van der Waals surface area contributed by atoms with E-state index in [9.17, 15) is 18.0 Å². The molecule has 0 fully saturated rings. The van der Waals surface area contributed by atoms with E-state index in [1.165, 1.54) is 24.1 Å². The van der Waals surface area contributed by atoms with Crippen LogP contribution in [0.4, 0.5) is 5.69 Å². The highest BCUT2D eigenvalue weighted by atomic mass is 32.2. The molecule has 3 aromatic rings. The lowest BCUT2D eigenvalue weighted by Gasteiger charge is -2.31. The van der Waals surface area contributed by atoms with E-state index in [1.807, 2.05) is 37.3 Å². The number of carbonyl (C=O) groups excluding carboxylic acids is 2. The molecule has 1 N–H and O–H groups in total. The largest absolute Gasteiger partial charge is 0.357 e. The maximum absolute atomic E-state index is 13.6. The van der Waals surface area contributed by atoms with Crippen LogP contribution >= 0.6 is 0 Å². The van der Waals surface area contributed by atoms with Crippen LogP contribution in [0, 0.1) is 6.92 Å². The Morgan fingerprint density at radius 1 is 0.886 bits per heavy atom. The average Bonchev–Trinajstić information content (AvgIpc) is 2.88. The van der Waals surface area contributed by atoms with Gasteiger partial charge in [-0.25, -0.2) is 8.42 Å². The van der Waals surface area contributed by atoms with Crippen LogP contribution in [0.15, 0.2) is 89.8 Å². The maximum Gasteiger partial charge on any atom is 0.264 e. The molecule has 184 valence electrons. The number of rotatable bonds is 10. The van der Waals surface area contributed by atoms with Crippen molar-refractivity contribution in [1.29, 1.82) is 0 Å². The fourth-order valence-electron chi connectivity index (χ4n) is 3.74. The predicted molar refractivity (Wildman–Crippen MR) is 138 cm³/mol. The van der Waals surface area contributed by atoms with Gasteiger partial charge in [0.2, 0.25) is 11.8 Å². The number of hydrogen-bond donors (Lipinski definition) is 1. The first kappa shape index (κ1) is 26.0. The molecule has 0 radical (unpaired) electrons. The molecule has 2 amide bonds. The van der Waals surface area contributed by atoms with Gasteiger partial charge in [0.1, 0.15) is 12.6 Å². The van der Waals surface area contributed by atoms with Gasteiger partial charge >= 0.3 is 0 Å². The normalized spacial score (nSPS) is 12.0. The molecule has 0 aromatic heterocycles. The van der Waals surface area contributed by atoms with Gasteiger partial charge in [-0.15, -0.1) is 0 Å². The van der Waals surface area contributed by atoms with Crippen LogP contribution in [-0.4, -0.2) is 51.3 Å². The number of anilines is 1. The number of carbonyl (C=O) groups is 2. The molecule has 3 rings (SSSR count). The predicted octanol–water partition coefficient (Wildman–Crippen LogP) is 3.40.